The van der Waals surface area contributed by atoms with E-state index in [9.17, 15) is 0 Å². The molecule has 0 saturated carbocycles. The summed E-state index contributed by atoms with van der Waals surface area (Å²) in [6.45, 7) is 2.82. The van der Waals surface area contributed by atoms with E-state index in [1.54, 1.807) is 14.2 Å². The second-order valence-electron chi connectivity index (χ2n) is 7.70. The van der Waals surface area contributed by atoms with E-state index in [2.05, 4.69) is 56.9 Å². The molecule has 7 heteroatoms. The predicted octanol–water partition coefficient (Wildman–Crippen LogP) is 3.41. The van der Waals surface area contributed by atoms with Crippen molar-refractivity contribution < 1.29 is 9.47 Å². The number of fused-ring (bicyclic) bond motifs is 1. The van der Waals surface area contributed by atoms with Crippen LogP contribution in [0.1, 0.15) is 23.5 Å². The largest absolute Gasteiger partial charge is 0.497 e. The van der Waals surface area contributed by atoms with Gasteiger partial charge in [0.1, 0.15) is 11.5 Å². The highest BCUT2D eigenvalue weighted by Crippen LogP contribution is 2.34. The summed E-state index contributed by atoms with van der Waals surface area (Å²) in [5, 5.41) is 7.10. The standard InChI is InChI=1S/C23H30N4O2.HI/c1-24-23(25-14-17-10-16-6-4-5-7-22(16)17)26-18-8-9-27(15-18)19-11-20(28-2)13-21(12-19)29-3;/h4-7,11-13,17-18H,8-10,14-15H2,1-3H3,(H2,24,25,26);1H. The van der Waals surface area contributed by atoms with Crippen LogP contribution in [0.15, 0.2) is 47.5 Å². The van der Waals surface area contributed by atoms with E-state index >= 15 is 0 Å². The van der Waals surface area contributed by atoms with E-state index in [0.717, 1.165) is 55.6 Å². The van der Waals surface area contributed by atoms with Gasteiger partial charge in [0.2, 0.25) is 0 Å². The fraction of sp³-hybridized carbons (Fsp3) is 0.435. The Morgan fingerprint density at radius 2 is 1.87 bits per heavy atom. The lowest BCUT2D eigenvalue weighted by atomic mass is 9.78. The van der Waals surface area contributed by atoms with Crippen molar-refractivity contribution in [3.8, 4) is 11.5 Å². The molecule has 0 bridgehead atoms. The molecule has 2 N–H and O–H groups in total. The molecule has 0 aromatic heterocycles. The van der Waals surface area contributed by atoms with Crippen LogP contribution in [0.5, 0.6) is 11.5 Å². The van der Waals surface area contributed by atoms with Crippen LogP contribution in [0, 0.1) is 0 Å². The molecule has 2 aromatic rings. The number of hydrogen-bond donors (Lipinski definition) is 2. The molecule has 2 aliphatic rings. The highest BCUT2D eigenvalue weighted by molar-refractivity contribution is 14.0. The van der Waals surface area contributed by atoms with E-state index in [4.69, 9.17) is 9.47 Å². The molecule has 1 aliphatic heterocycles. The molecule has 2 atom stereocenters. The van der Waals surface area contributed by atoms with E-state index < -0.39 is 0 Å². The van der Waals surface area contributed by atoms with Crippen LogP contribution in [-0.2, 0) is 6.42 Å². The number of aliphatic imine (C=N–C) groups is 1. The van der Waals surface area contributed by atoms with Crippen molar-refractivity contribution in [1.29, 1.82) is 0 Å². The number of nitrogens with one attached hydrogen (secondary N) is 2. The van der Waals surface area contributed by atoms with Crippen molar-refractivity contribution in [1.82, 2.24) is 10.6 Å². The minimum atomic E-state index is 0. The second kappa shape index (κ2) is 10.2. The van der Waals surface area contributed by atoms with Crippen LogP contribution in [0.25, 0.3) is 0 Å². The van der Waals surface area contributed by atoms with Gasteiger partial charge in [-0.3, -0.25) is 4.99 Å². The topological polar surface area (TPSA) is 58.1 Å². The number of halogens is 1. The zero-order chi connectivity index (χ0) is 20.2. The van der Waals surface area contributed by atoms with E-state index in [0.29, 0.717) is 12.0 Å². The molecular weight excluding hydrogens is 491 g/mol. The molecule has 6 nitrogen and oxygen atoms in total. The van der Waals surface area contributed by atoms with Gasteiger partial charge in [0.25, 0.3) is 0 Å². The van der Waals surface area contributed by atoms with Gasteiger partial charge < -0.3 is 25.0 Å². The monoisotopic (exact) mass is 522 g/mol. The number of methoxy groups -OCH3 is 2. The first-order chi connectivity index (χ1) is 14.2. The van der Waals surface area contributed by atoms with E-state index in [1.807, 2.05) is 13.1 Å². The van der Waals surface area contributed by atoms with Crippen molar-refractivity contribution >= 4 is 35.6 Å². The van der Waals surface area contributed by atoms with Gasteiger partial charge in [-0.1, -0.05) is 24.3 Å². The van der Waals surface area contributed by atoms with Gasteiger partial charge in [-0.05, 0) is 24.0 Å². The van der Waals surface area contributed by atoms with Gasteiger partial charge in [0.05, 0.1) is 14.2 Å². The number of hydrogen-bond acceptors (Lipinski definition) is 4. The fourth-order valence-corrected chi connectivity index (χ4v) is 4.24. The lowest BCUT2D eigenvalue weighted by Gasteiger charge is -2.31. The zero-order valence-corrected chi connectivity index (χ0v) is 20.2. The van der Waals surface area contributed by atoms with E-state index in [1.165, 1.54) is 11.1 Å². The third-order valence-electron chi connectivity index (χ3n) is 5.93. The van der Waals surface area contributed by atoms with Crippen molar-refractivity contribution in [2.45, 2.75) is 24.8 Å². The first kappa shape index (κ1) is 22.5. The number of benzene rings is 2. The third kappa shape index (κ3) is 4.94. The average Bonchev–Trinajstić information content (AvgIpc) is 3.21. The Morgan fingerprint density at radius 1 is 1.13 bits per heavy atom. The summed E-state index contributed by atoms with van der Waals surface area (Å²) in [5.74, 6) is 3.08. The molecule has 0 radical (unpaired) electrons. The Morgan fingerprint density at radius 3 is 2.53 bits per heavy atom. The molecule has 2 unspecified atom stereocenters. The minimum Gasteiger partial charge on any atom is -0.497 e. The summed E-state index contributed by atoms with van der Waals surface area (Å²) in [5.41, 5.74) is 4.07. The van der Waals surface area contributed by atoms with Gasteiger partial charge in [-0.25, -0.2) is 0 Å². The summed E-state index contributed by atoms with van der Waals surface area (Å²) >= 11 is 0. The maximum atomic E-state index is 5.41. The molecule has 162 valence electrons. The number of rotatable bonds is 6. The first-order valence-corrected chi connectivity index (χ1v) is 10.2. The SMILES string of the molecule is CN=C(NCC1Cc2ccccc21)NC1CCN(c2cc(OC)cc(OC)c2)C1.I. The van der Waals surface area contributed by atoms with Gasteiger partial charge in [-0.15, -0.1) is 24.0 Å². The minimum absolute atomic E-state index is 0. The van der Waals surface area contributed by atoms with Crippen molar-refractivity contribution in [2.75, 3.05) is 45.8 Å². The zero-order valence-electron chi connectivity index (χ0n) is 17.9. The molecule has 1 heterocycles. The third-order valence-corrected chi connectivity index (χ3v) is 5.93. The van der Waals surface area contributed by atoms with Crippen LogP contribution in [0.2, 0.25) is 0 Å². The van der Waals surface area contributed by atoms with Gasteiger partial charge in [-0.2, -0.15) is 0 Å². The van der Waals surface area contributed by atoms with Gasteiger partial charge >= 0.3 is 0 Å². The molecule has 30 heavy (non-hydrogen) atoms. The van der Waals surface area contributed by atoms with Gasteiger partial charge in [0, 0.05) is 62.5 Å². The van der Waals surface area contributed by atoms with Gasteiger partial charge in [0.15, 0.2) is 5.96 Å². The maximum absolute atomic E-state index is 5.41. The highest BCUT2D eigenvalue weighted by atomic mass is 127. The highest BCUT2D eigenvalue weighted by Gasteiger charge is 2.27. The number of guanidine groups is 1. The molecule has 1 fully saturated rings. The molecule has 1 saturated heterocycles. The van der Waals surface area contributed by atoms with Crippen molar-refractivity contribution in [3.05, 3.63) is 53.6 Å². The van der Waals surface area contributed by atoms with E-state index in [-0.39, 0.29) is 24.0 Å². The molecule has 4 rings (SSSR count). The normalized spacial score (nSPS) is 20.0. The quantitative estimate of drug-likeness (QED) is 0.346. The van der Waals surface area contributed by atoms with Crippen molar-refractivity contribution in [3.63, 3.8) is 0 Å². The predicted molar refractivity (Wildman–Crippen MR) is 133 cm³/mol. The van der Waals surface area contributed by atoms with Crippen LogP contribution >= 0.6 is 24.0 Å². The van der Waals surface area contributed by atoms with Crippen LogP contribution in [0.3, 0.4) is 0 Å². The van der Waals surface area contributed by atoms with Crippen LogP contribution < -0.4 is 25.0 Å². The van der Waals surface area contributed by atoms with Crippen LogP contribution in [0.4, 0.5) is 5.69 Å². The summed E-state index contributed by atoms with van der Waals surface area (Å²) in [7, 11) is 5.20. The van der Waals surface area contributed by atoms with Crippen LogP contribution in [-0.4, -0.2) is 52.9 Å². The average molecular weight is 522 g/mol. The summed E-state index contributed by atoms with van der Waals surface area (Å²) in [4.78, 5) is 6.79. The first-order valence-electron chi connectivity index (χ1n) is 10.2. The smallest absolute Gasteiger partial charge is 0.191 e. The molecule has 0 amide bonds. The number of nitrogens with zero attached hydrogens (tertiary/aromatic N) is 2. The molecule has 2 aromatic carbocycles. The Balaban J connectivity index is 0.00000256. The molecule has 1 aliphatic carbocycles. The number of ether oxygens (including phenoxy) is 2. The Labute approximate surface area is 196 Å². The summed E-state index contributed by atoms with van der Waals surface area (Å²) in [6, 6.07) is 15.1. The fourth-order valence-electron chi connectivity index (χ4n) is 4.24. The lowest BCUT2D eigenvalue weighted by Crippen LogP contribution is -2.46. The maximum Gasteiger partial charge on any atom is 0.191 e. The van der Waals surface area contributed by atoms with Crippen molar-refractivity contribution in [2.24, 2.45) is 4.99 Å². The second-order valence-corrected chi connectivity index (χ2v) is 7.70. The molecule has 0 spiro atoms. The Bertz CT molecular complexity index is 867. The summed E-state index contributed by atoms with van der Waals surface area (Å²) in [6.07, 6.45) is 2.21. The lowest BCUT2D eigenvalue weighted by molar-refractivity contribution is 0.394. The Kier molecular flexibility index (Phi) is 7.69. The summed E-state index contributed by atoms with van der Waals surface area (Å²) < 4.78 is 10.8. The number of anilines is 1. The molecular formula is C23H31IN4O2. The Hall–Kier alpha value is -2.16.